The Labute approximate surface area is 205 Å². The molecular formula is C24H22BrN3O3S2. The van der Waals surface area contributed by atoms with Gasteiger partial charge in [-0.15, -0.1) is 0 Å². The van der Waals surface area contributed by atoms with Gasteiger partial charge in [-0.1, -0.05) is 57.6 Å². The largest absolute Gasteiger partial charge is 0.298 e. The molecule has 170 valence electrons. The Morgan fingerprint density at radius 3 is 2.42 bits per heavy atom. The smallest absolute Gasteiger partial charge is 0.257 e. The number of aromatic nitrogens is 1. The third-order valence-corrected chi connectivity index (χ3v) is 8.51. The second-order valence-electron chi connectivity index (χ2n) is 7.74. The molecule has 0 unspecified atom stereocenters. The van der Waals surface area contributed by atoms with Gasteiger partial charge < -0.3 is 0 Å². The van der Waals surface area contributed by atoms with Gasteiger partial charge in [-0.3, -0.25) is 10.1 Å². The lowest BCUT2D eigenvalue weighted by atomic mass is 10.2. The number of anilines is 1. The van der Waals surface area contributed by atoms with Gasteiger partial charge in [0.2, 0.25) is 10.0 Å². The van der Waals surface area contributed by atoms with Gasteiger partial charge in [-0.2, -0.15) is 4.31 Å². The molecule has 0 aliphatic heterocycles. The van der Waals surface area contributed by atoms with E-state index in [9.17, 15) is 13.2 Å². The van der Waals surface area contributed by atoms with E-state index in [2.05, 4.69) is 26.2 Å². The standard InChI is InChI=1S/C24H22BrN3O3S2/c1-16(2)28(15-17-6-4-3-5-7-17)33(30,31)20-11-8-18(9-12-20)23(29)27-24-26-21-13-10-19(25)14-22(21)32-24/h3-14,16H,15H2,1-2H3,(H,26,27,29). The van der Waals surface area contributed by atoms with Crippen LogP contribution in [0.15, 0.2) is 82.2 Å². The highest BCUT2D eigenvalue weighted by Gasteiger charge is 2.27. The Kier molecular flexibility index (Phi) is 6.94. The van der Waals surface area contributed by atoms with Gasteiger partial charge in [-0.05, 0) is 61.9 Å². The van der Waals surface area contributed by atoms with Crippen LogP contribution in [0.25, 0.3) is 10.2 Å². The number of carbonyl (C=O) groups is 1. The highest BCUT2D eigenvalue weighted by atomic mass is 79.9. The first-order chi connectivity index (χ1) is 15.7. The van der Waals surface area contributed by atoms with Gasteiger partial charge in [-0.25, -0.2) is 13.4 Å². The highest BCUT2D eigenvalue weighted by Crippen LogP contribution is 2.29. The normalized spacial score (nSPS) is 11.9. The Bertz CT molecular complexity index is 1390. The van der Waals surface area contributed by atoms with E-state index in [1.807, 2.05) is 62.4 Å². The van der Waals surface area contributed by atoms with Crippen molar-refractivity contribution in [3.8, 4) is 0 Å². The minimum absolute atomic E-state index is 0.147. The van der Waals surface area contributed by atoms with Gasteiger partial charge in [0.15, 0.2) is 5.13 Å². The number of fused-ring (bicyclic) bond motifs is 1. The van der Waals surface area contributed by atoms with Crippen LogP contribution in [0.1, 0.15) is 29.8 Å². The summed E-state index contributed by atoms with van der Waals surface area (Å²) in [5.41, 5.74) is 2.06. The molecule has 0 spiro atoms. The number of hydrogen-bond donors (Lipinski definition) is 1. The summed E-state index contributed by atoms with van der Waals surface area (Å²) in [6, 6.07) is 20.9. The fourth-order valence-corrected chi connectivity index (χ4v) is 6.38. The molecule has 0 bridgehead atoms. The van der Waals surface area contributed by atoms with Gasteiger partial charge in [0, 0.05) is 22.6 Å². The van der Waals surface area contributed by atoms with E-state index in [-0.39, 0.29) is 23.4 Å². The number of sulfonamides is 1. The topological polar surface area (TPSA) is 79.4 Å². The van der Waals surface area contributed by atoms with E-state index >= 15 is 0 Å². The van der Waals surface area contributed by atoms with Gasteiger partial charge in [0.05, 0.1) is 15.1 Å². The van der Waals surface area contributed by atoms with Crippen LogP contribution in [0.5, 0.6) is 0 Å². The minimum Gasteiger partial charge on any atom is -0.298 e. The summed E-state index contributed by atoms with van der Waals surface area (Å²) in [5.74, 6) is -0.345. The van der Waals surface area contributed by atoms with Gasteiger partial charge in [0.25, 0.3) is 5.91 Å². The van der Waals surface area contributed by atoms with Crippen LogP contribution in [0, 0.1) is 0 Å². The molecule has 33 heavy (non-hydrogen) atoms. The lowest BCUT2D eigenvalue weighted by Gasteiger charge is -2.26. The number of hydrogen-bond acceptors (Lipinski definition) is 5. The number of rotatable bonds is 7. The van der Waals surface area contributed by atoms with Crippen LogP contribution in [0.4, 0.5) is 5.13 Å². The number of amides is 1. The third kappa shape index (κ3) is 5.33. The van der Waals surface area contributed by atoms with E-state index in [1.54, 1.807) is 0 Å². The summed E-state index contributed by atoms with van der Waals surface area (Å²) in [4.78, 5) is 17.3. The maximum atomic E-state index is 13.3. The second-order valence-corrected chi connectivity index (χ2v) is 11.6. The minimum atomic E-state index is -3.73. The molecule has 1 amide bonds. The molecular weight excluding hydrogens is 522 g/mol. The number of nitrogens with one attached hydrogen (secondary N) is 1. The number of nitrogens with zero attached hydrogens (tertiary/aromatic N) is 2. The van der Waals surface area contributed by atoms with Crippen molar-refractivity contribution in [3.63, 3.8) is 0 Å². The Morgan fingerprint density at radius 1 is 1.06 bits per heavy atom. The molecule has 0 saturated carbocycles. The number of carbonyl (C=O) groups excluding carboxylic acids is 1. The maximum Gasteiger partial charge on any atom is 0.257 e. The third-order valence-electron chi connectivity index (χ3n) is 5.05. The summed E-state index contributed by atoms with van der Waals surface area (Å²) in [5, 5.41) is 3.28. The predicted octanol–water partition coefficient (Wildman–Crippen LogP) is 5.91. The Balaban J connectivity index is 1.52. The monoisotopic (exact) mass is 543 g/mol. The molecule has 0 radical (unpaired) electrons. The molecule has 6 nitrogen and oxygen atoms in total. The highest BCUT2D eigenvalue weighted by molar-refractivity contribution is 9.10. The van der Waals surface area contributed by atoms with Crippen molar-refractivity contribution in [1.29, 1.82) is 0 Å². The second kappa shape index (κ2) is 9.72. The zero-order valence-corrected chi connectivity index (χ0v) is 21.2. The van der Waals surface area contributed by atoms with Crippen LogP contribution < -0.4 is 5.32 Å². The lowest BCUT2D eigenvalue weighted by molar-refractivity contribution is 0.102. The summed E-state index contributed by atoms with van der Waals surface area (Å²) >= 11 is 4.80. The average molecular weight is 544 g/mol. The van der Waals surface area contributed by atoms with E-state index in [1.165, 1.54) is 39.9 Å². The summed E-state index contributed by atoms with van der Waals surface area (Å²) in [7, 11) is -3.73. The van der Waals surface area contributed by atoms with Crippen molar-refractivity contribution in [3.05, 3.63) is 88.4 Å². The molecule has 4 rings (SSSR count). The molecule has 0 aliphatic carbocycles. The van der Waals surface area contributed by atoms with Crippen LogP contribution >= 0.6 is 27.3 Å². The van der Waals surface area contributed by atoms with Gasteiger partial charge in [0.1, 0.15) is 0 Å². The molecule has 1 heterocycles. The van der Waals surface area contributed by atoms with E-state index in [0.717, 1.165) is 20.3 Å². The average Bonchev–Trinajstić information content (AvgIpc) is 3.19. The van der Waals surface area contributed by atoms with Crippen LogP contribution in [-0.4, -0.2) is 29.7 Å². The lowest BCUT2D eigenvalue weighted by Crippen LogP contribution is -2.36. The van der Waals surface area contributed by atoms with Crippen molar-refractivity contribution >= 4 is 58.5 Å². The molecule has 0 atom stereocenters. The molecule has 3 aromatic carbocycles. The summed E-state index contributed by atoms with van der Waals surface area (Å²) in [6.07, 6.45) is 0. The van der Waals surface area contributed by atoms with E-state index in [4.69, 9.17) is 0 Å². The Hall–Kier alpha value is -2.59. The Morgan fingerprint density at radius 2 is 1.76 bits per heavy atom. The zero-order valence-electron chi connectivity index (χ0n) is 18.0. The summed E-state index contributed by atoms with van der Waals surface area (Å²) < 4.78 is 29.9. The van der Waals surface area contributed by atoms with Crippen molar-refractivity contribution in [2.45, 2.75) is 31.3 Å². The van der Waals surface area contributed by atoms with Crippen molar-refractivity contribution in [2.24, 2.45) is 0 Å². The molecule has 4 aromatic rings. The van der Waals surface area contributed by atoms with Crippen LogP contribution in [-0.2, 0) is 16.6 Å². The quantitative estimate of drug-likeness (QED) is 0.314. The molecule has 0 aliphatic rings. The van der Waals surface area contributed by atoms with E-state index < -0.39 is 10.0 Å². The molecule has 0 saturated heterocycles. The molecule has 1 N–H and O–H groups in total. The molecule has 0 fully saturated rings. The zero-order chi connectivity index (χ0) is 23.6. The van der Waals surface area contributed by atoms with Crippen LogP contribution in [0.3, 0.4) is 0 Å². The van der Waals surface area contributed by atoms with Crippen molar-refractivity contribution in [1.82, 2.24) is 9.29 Å². The number of thiazole rings is 1. The first kappa shape index (κ1) is 23.6. The van der Waals surface area contributed by atoms with Crippen molar-refractivity contribution < 1.29 is 13.2 Å². The fourth-order valence-electron chi connectivity index (χ4n) is 3.34. The first-order valence-corrected chi connectivity index (χ1v) is 13.3. The molecule has 9 heteroatoms. The molecule has 1 aromatic heterocycles. The van der Waals surface area contributed by atoms with Crippen molar-refractivity contribution in [2.75, 3.05) is 5.32 Å². The maximum absolute atomic E-state index is 13.3. The van der Waals surface area contributed by atoms with E-state index in [0.29, 0.717) is 10.7 Å². The summed E-state index contributed by atoms with van der Waals surface area (Å²) in [6.45, 7) is 3.97. The number of benzene rings is 3. The van der Waals surface area contributed by atoms with Gasteiger partial charge >= 0.3 is 0 Å². The predicted molar refractivity (Wildman–Crippen MR) is 136 cm³/mol. The SMILES string of the molecule is CC(C)N(Cc1ccccc1)S(=O)(=O)c1ccc(C(=O)Nc2nc3ccc(Br)cc3s2)cc1. The number of halogens is 1. The first-order valence-electron chi connectivity index (χ1n) is 10.3. The van der Waals surface area contributed by atoms with Crippen LogP contribution in [0.2, 0.25) is 0 Å². The fraction of sp³-hybridized carbons (Fsp3) is 0.167.